The van der Waals surface area contributed by atoms with Crippen molar-refractivity contribution in [2.45, 2.75) is 69.2 Å². The molecule has 3 saturated carbocycles. The number of hydrogen-bond donors (Lipinski definition) is 0. The van der Waals surface area contributed by atoms with Gasteiger partial charge in [-0.1, -0.05) is 6.42 Å². The van der Waals surface area contributed by atoms with Gasteiger partial charge in [-0.15, -0.1) is 0 Å². The first-order valence-corrected chi connectivity index (χ1v) is 7.91. The van der Waals surface area contributed by atoms with Crippen molar-refractivity contribution in [2.75, 3.05) is 19.8 Å². The van der Waals surface area contributed by atoms with Crippen LogP contribution in [0.15, 0.2) is 0 Å². The number of fused-ring (bicyclic) bond motifs is 2. The van der Waals surface area contributed by atoms with E-state index in [4.69, 9.17) is 9.47 Å². The highest BCUT2D eigenvalue weighted by atomic mass is 16.5. The lowest BCUT2D eigenvalue weighted by molar-refractivity contribution is -0.0609. The molecule has 0 aromatic rings. The fraction of sp³-hybridized carbons (Fsp3) is 1.00. The second-order valence-corrected chi connectivity index (χ2v) is 6.62. The molecule has 0 spiro atoms. The third kappa shape index (κ3) is 2.10. The Labute approximate surface area is 110 Å². The molecule has 0 radical (unpaired) electrons. The molecule has 0 amide bonds. The van der Waals surface area contributed by atoms with Crippen LogP contribution in [0.5, 0.6) is 0 Å². The van der Waals surface area contributed by atoms with Crippen LogP contribution in [0, 0.1) is 5.92 Å². The lowest BCUT2D eigenvalue weighted by Crippen LogP contribution is -2.51. The van der Waals surface area contributed by atoms with Gasteiger partial charge >= 0.3 is 0 Å². The van der Waals surface area contributed by atoms with Crippen LogP contribution < -0.4 is 0 Å². The lowest BCUT2D eigenvalue weighted by Gasteiger charge is -2.42. The third-order valence-corrected chi connectivity index (χ3v) is 5.37. The van der Waals surface area contributed by atoms with Crippen LogP contribution in [0.1, 0.15) is 44.9 Å². The van der Waals surface area contributed by atoms with Crippen LogP contribution in [-0.2, 0) is 9.47 Å². The SMILES string of the molecule is C1CC(N2CCO[C@H]3CC[C@H]2[C@H]3OCC2CC2)C1. The summed E-state index contributed by atoms with van der Waals surface area (Å²) in [6, 6.07) is 1.49. The van der Waals surface area contributed by atoms with Crippen molar-refractivity contribution >= 4 is 0 Å². The monoisotopic (exact) mass is 251 g/mol. The number of nitrogens with zero attached hydrogens (tertiary/aromatic N) is 1. The summed E-state index contributed by atoms with van der Waals surface area (Å²) in [7, 11) is 0. The Morgan fingerprint density at radius 2 is 1.94 bits per heavy atom. The third-order valence-electron chi connectivity index (χ3n) is 5.37. The van der Waals surface area contributed by atoms with Crippen LogP contribution in [0.4, 0.5) is 0 Å². The predicted octanol–water partition coefficient (Wildman–Crippen LogP) is 2.20. The minimum atomic E-state index is 0.369. The molecule has 102 valence electrons. The summed E-state index contributed by atoms with van der Waals surface area (Å²) in [4.78, 5) is 2.73. The highest BCUT2D eigenvalue weighted by Gasteiger charge is 2.46. The minimum Gasteiger partial charge on any atom is -0.374 e. The van der Waals surface area contributed by atoms with Gasteiger partial charge in [-0.2, -0.15) is 0 Å². The summed E-state index contributed by atoms with van der Waals surface area (Å²) in [5.74, 6) is 0.866. The van der Waals surface area contributed by atoms with E-state index in [1.807, 2.05) is 0 Å². The van der Waals surface area contributed by atoms with Gasteiger partial charge in [0.15, 0.2) is 0 Å². The van der Waals surface area contributed by atoms with Crippen LogP contribution in [0.3, 0.4) is 0 Å². The van der Waals surface area contributed by atoms with Crippen molar-refractivity contribution in [3.63, 3.8) is 0 Å². The average Bonchev–Trinajstić information content (AvgIpc) is 3.03. The summed E-state index contributed by atoms with van der Waals surface area (Å²) in [6.07, 6.45) is 10.2. The van der Waals surface area contributed by atoms with Gasteiger partial charge in [0.05, 0.1) is 18.8 Å². The van der Waals surface area contributed by atoms with E-state index >= 15 is 0 Å². The van der Waals surface area contributed by atoms with Crippen LogP contribution in [0.2, 0.25) is 0 Å². The molecule has 18 heavy (non-hydrogen) atoms. The zero-order valence-electron chi connectivity index (χ0n) is 11.2. The van der Waals surface area contributed by atoms with Crippen molar-refractivity contribution in [2.24, 2.45) is 5.92 Å². The number of rotatable bonds is 4. The standard InChI is InChI=1S/C15H25NO2/c1-2-12(3-1)16-8-9-17-14-7-6-13(16)15(14)18-10-11-4-5-11/h11-15H,1-10H2/t13-,14-,15+/m0/s1. The molecule has 3 atom stereocenters. The van der Waals surface area contributed by atoms with Gasteiger partial charge in [0, 0.05) is 25.2 Å². The van der Waals surface area contributed by atoms with Crippen LogP contribution in [-0.4, -0.2) is 49.0 Å². The zero-order valence-corrected chi connectivity index (χ0v) is 11.2. The van der Waals surface area contributed by atoms with E-state index in [-0.39, 0.29) is 0 Å². The Kier molecular flexibility index (Phi) is 3.10. The second kappa shape index (κ2) is 4.77. The molecule has 1 aliphatic heterocycles. The molecule has 0 N–H and O–H groups in total. The molecular weight excluding hydrogens is 226 g/mol. The molecular formula is C15H25NO2. The van der Waals surface area contributed by atoms with E-state index in [2.05, 4.69) is 4.90 Å². The molecule has 2 bridgehead atoms. The fourth-order valence-electron chi connectivity index (χ4n) is 3.84. The fourth-order valence-corrected chi connectivity index (χ4v) is 3.84. The van der Waals surface area contributed by atoms with Crippen molar-refractivity contribution in [3.05, 3.63) is 0 Å². The Balaban J connectivity index is 1.45. The van der Waals surface area contributed by atoms with Gasteiger partial charge in [-0.3, -0.25) is 4.90 Å². The van der Waals surface area contributed by atoms with E-state index < -0.39 is 0 Å². The summed E-state index contributed by atoms with van der Waals surface area (Å²) in [5.41, 5.74) is 0. The summed E-state index contributed by atoms with van der Waals surface area (Å²) >= 11 is 0. The Hall–Kier alpha value is -0.120. The van der Waals surface area contributed by atoms with Crippen molar-refractivity contribution in [3.8, 4) is 0 Å². The smallest absolute Gasteiger partial charge is 0.0991 e. The van der Waals surface area contributed by atoms with Crippen molar-refractivity contribution in [1.29, 1.82) is 0 Å². The molecule has 4 rings (SSSR count). The molecule has 4 fully saturated rings. The van der Waals surface area contributed by atoms with Gasteiger partial charge in [-0.25, -0.2) is 0 Å². The molecule has 0 aromatic heterocycles. The van der Waals surface area contributed by atoms with Gasteiger partial charge in [0.25, 0.3) is 0 Å². The van der Waals surface area contributed by atoms with Gasteiger partial charge in [0.1, 0.15) is 0 Å². The first-order chi connectivity index (χ1) is 8.92. The molecule has 4 aliphatic rings. The number of hydrogen-bond acceptors (Lipinski definition) is 3. The first-order valence-electron chi connectivity index (χ1n) is 7.91. The Bertz CT molecular complexity index is 301. The van der Waals surface area contributed by atoms with Gasteiger partial charge in [-0.05, 0) is 44.4 Å². The second-order valence-electron chi connectivity index (χ2n) is 6.62. The van der Waals surface area contributed by atoms with Gasteiger partial charge < -0.3 is 9.47 Å². The molecule has 1 heterocycles. The highest BCUT2D eigenvalue weighted by molar-refractivity contribution is 4.99. The van der Waals surface area contributed by atoms with E-state index in [0.29, 0.717) is 18.2 Å². The van der Waals surface area contributed by atoms with Crippen molar-refractivity contribution in [1.82, 2.24) is 4.90 Å². The summed E-state index contributed by atoms with van der Waals surface area (Å²) in [5, 5.41) is 0. The Morgan fingerprint density at radius 1 is 1.06 bits per heavy atom. The lowest BCUT2D eigenvalue weighted by atomic mass is 9.90. The normalized spacial score (nSPS) is 41.7. The molecule has 3 aliphatic carbocycles. The predicted molar refractivity (Wildman–Crippen MR) is 69.6 cm³/mol. The van der Waals surface area contributed by atoms with Crippen LogP contribution in [0.25, 0.3) is 0 Å². The van der Waals surface area contributed by atoms with E-state index in [9.17, 15) is 0 Å². The van der Waals surface area contributed by atoms with E-state index in [0.717, 1.165) is 31.7 Å². The largest absolute Gasteiger partial charge is 0.374 e. The maximum Gasteiger partial charge on any atom is 0.0991 e. The molecule has 0 aromatic carbocycles. The summed E-state index contributed by atoms with van der Waals surface area (Å²) in [6.45, 7) is 3.04. The first kappa shape index (κ1) is 11.7. The molecule has 1 saturated heterocycles. The molecule has 3 heteroatoms. The quantitative estimate of drug-likeness (QED) is 0.764. The van der Waals surface area contributed by atoms with E-state index in [1.165, 1.54) is 44.9 Å². The number of ether oxygens (including phenoxy) is 2. The van der Waals surface area contributed by atoms with Gasteiger partial charge in [0.2, 0.25) is 0 Å². The molecule has 3 nitrogen and oxygen atoms in total. The van der Waals surface area contributed by atoms with Crippen molar-refractivity contribution < 1.29 is 9.47 Å². The topological polar surface area (TPSA) is 21.7 Å². The zero-order chi connectivity index (χ0) is 11.9. The Morgan fingerprint density at radius 3 is 2.67 bits per heavy atom. The molecule has 0 unspecified atom stereocenters. The maximum absolute atomic E-state index is 6.26. The maximum atomic E-state index is 6.26. The summed E-state index contributed by atoms with van der Waals surface area (Å²) < 4.78 is 12.3. The van der Waals surface area contributed by atoms with E-state index in [1.54, 1.807) is 0 Å². The van der Waals surface area contributed by atoms with Crippen LogP contribution >= 0.6 is 0 Å². The minimum absolute atomic E-state index is 0.369. The average molecular weight is 251 g/mol. The highest BCUT2D eigenvalue weighted by Crippen LogP contribution is 2.38.